The Morgan fingerprint density at radius 1 is 0.397 bits per heavy atom. The lowest BCUT2D eigenvalue weighted by atomic mass is 10.1. The van der Waals surface area contributed by atoms with E-state index in [1.54, 1.807) is 6.08 Å². The Bertz CT molecular complexity index is 1250. The Labute approximate surface area is 377 Å². The number of hydrogen-bond donors (Lipinski definition) is 4. The van der Waals surface area contributed by atoms with Crippen LogP contribution in [0.5, 0.6) is 0 Å². The van der Waals surface area contributed by atoms with E-state index in [9.17, 15) is 47.9 Å². The van der Waals surface area contributed by atoms with E-state index in [1.165, 1.54) is 26.8 Å². The number of aliphatic carboxylic acids is 4. The molecule has 0 radical (unpaired) electrons. The van der Waals surface area contributed by atoms with Crippen LogP contribution in [-0.2, 0) is 76.4 Å². The van der Waals surface area contributed by atoms with Crippen molar-refractivity contribution in [1.29, 1.82) is 0 Å². The van der Waals surface area contributed by atoms with Gasteiger partial charge in [0, 0.05) is 32.5 Å². The molecule has 0 rings (SSSR count). The van der Waals surface area contributed by atoms with Gasteiger partial charge in [-0.25, -0.2) is 19.2 Å². The van der Waals surface area contributed by atoms with Crippen LogP contribution in [0.25, 0.3) is 0 Å². The summed E-state index contributed by atoms with van der Waals surface area (Å²) in [6.45, 7) is 12.5. The number of hydrogen-bond acceptors (Lipinski definition) is 16. The third-order valence-corrected chi connectivity index (χ3v) is 6.19. The number of carboxylic acids is 4. The molecule has 4 N–H and O–H groups in total. The van der Waals surface area contributed by atoms with Gasteiger partial charge in [-0.15, -0.1) is 0 Å². The number of Topliss-reactive ketones (excluding diaryl/α,β-unsaturated/α-hetero) is 2. The quantitative estimate of drug-likeness (QED) is 0.0394. The highest BCUT2D eigenvalue weighted by molar-refractivity contribution is 5.92. The highest BCUT2D eigenvalue weighted by Gasteiger charge is 2.39. The fraction of sp³-hybridized carbons (Fsp3) is 0.721. The van der Waals surface area contributed by atoms with Gasteiger partial charge in [0.15, 0.2) is 23.8 Å². The van der Waals surface area contributed by atoms with Crippen LogP contribution in [0.2, 0.25) is 0 Å². The van der Waals surface area contributed by atoms with Gasteiger partial charge in [-0.3, -0.25) is 28.8 Å². The number of ether oxygens (including phenoxy) is 6. The molecule has 0 bridgehead atoms. The second kappa shape index (κ2) is 49.4. The molecule has 0 fully saturated rings. The van der Waals surface area contributed by atoms with E-state index in [0.717, 1.165) is 20.3 Å². The molecule has 0 aliphatic heterocycles. The molecule has 378 valence electrons. The zero-order valence-corrected chi connectivity index (χ0v) is 32.3. The number of carboxylic acid groups (broad SMARTS) is 4. The predicted molar refractivity (Wildman–Crippen MR) is 240 cm³/mol. The SMILES string of the molecule is C.C.C.C.C.C.C.C.CC/C=C\CC(=O)OC(C(=O)O)C(OC(=O)CC)C(C)=O.CCC(=O)OC(C(C)=O)C(OC(=O)CC)C(=O)O.CCCOC(C(=O)O)C(OCCC)C(=O)O. The van der Waals surface area contributed by atoms with Gasteiger partial charge in [-0.05, 0) is 33.1 Å². The molecule has 20 nitrogen and oxygen atoms in total. The third kappa shape index (κ3) is 39.4. The molecule has 6 atom stereocenters. The standard InChI is InChI=1S/C14H20O7.C11H16O7.C10H18O6.8CH4/c1-4-6-7-8-11(17)21-13(14(18)19)12(9(3)15)20-10(16)5-2;1-4-7(13)17-9(6(3)12)10(11(15)16)18-8(14)5-2;1-3-5-15-7(9(11)12)8(10(13)14)16-6-4-2;;;;;;;;/h6-7,12-13H,4-5,8H2,1-3H3,(H,18,19);9-10H,4-5H2,1-3H3,(H,15,16);7-8H,3-6H2,1-2H3,(H,11,12)(H,13,14);8*1H4/b7-6-;;;;;;;;;;. The van der Waals surface area contributed by atoms with Gasteiger partial charge in [0.05, 0.1) is 6.42 Å². The van der Waals surface area contributed by atoms with Gasteiger partial charge in [0.25, 0.3) is 0 Å². The van der Waals surface area contributed by atoms with Gasteiger partial charge in [0.1, 0.15) is 0 Å². The maximum Gasteiger partial charge on any atom is 0.349 e. The first kappa shape index (κ1) is 85.1. The molecular weight excluding hydrogens is 836 g/mol. The molecule has 0 aromatic rings. The van der Waals surface area contributed by atoms with Crippen molar-refractivity contribution < 1.29 is 96.8 Å². The summed E-state index contributed by atoms with van der Waals surface area (Å²) in [7, 11) is 0. The maximum absolute atomic E-state index is 11.5. The van der Waals surface area contributed by atoms with Crippen molar-refractivity contribution >= 4 is 59.3 Å². The van der Waals surface area contributed by atoms with Gasteiger partial charge >= 0.3 is 47.8 Å². The minimum Gasteiger partial charge on any atom is -0.479 e. The predicted octanol–water partition coefficient (Wildman–Crippen LogP) is 7.39. The van der Waals surface area contributed by atoms with Crippen molar-refractivity contribution in [1.82, 2.24) is 0 Å². The first-order chi connectivity index (χ1) is 25.7. The summed E-state index contributed by atoms with van der Waals surface area (Å²) in [6, 6.07) is 0. The first-order valence-electron chi connectivity index (χ1n) is 17.3. The van der Waals surface area contributed by atoms with Crippen molar-refractivity contribution in [3.8, 4) is 0 Å². The van der Waals surface area contributed by atoms with Crippen molar-refractivity contribution in [2.24, 2.45) is 0 Å². The average molecular weight is 923 g/mol. The Morgan fingerprint density at radius 2 is 0.651 bits per heavy atom. The Morgan fingerprint density at radius 3 is 0.857 bits per heavy atom. The second-order valence-corrected chi connectivity index (χ2v) is 10.9. The number of esters is 4. The highest BCUT2D eigenvalue weighted by Crippen LogP contribution is 2.12. The third-order valence-electron chi connectivity index (χ3n) is 6.19. The Balaban J connectivity index is -0.0000000678. The van der Waals surface area contributed by atoms with Crippen molar-refractivity contribution in [3.05, 3.63) is 12.2 Å². The fourth-order valence-electron chi connectivity index (χ4n) is 3.48. The van der Waals surface area contributed by atoms with Crippen molar-refractivity contribution in [3.63, 3.8) is 0 Å². The highest BCUT2D eigenvalue weighted by atomic mass is 16.6. The molecule has 0 saturated heterocycles. The van der Waals surface area contributed by atoms with Gasteiger partial charge in [0.2, 0.25) is 24.4 Å². The van der Waals surface area contributed by atoms with E-state index in [2.05, 4.69) is 9.47 Å². The summed E-state index contributed by atoms with van der Waals surface area (Å²) in [4.78, 5) is 111. The molecule has 0 spiro atoms. The van der Waals surface area contributed by atoms with Crippen LogP contribution in [0.4, 0.5) is 0 Å². The molecule has 0 saturated carbocycles. The van der Waals surface area contributed by atoms with Crippen LogP contribution in [0.1, 0.15) is 160 Å². The van der Waals surface area contributed by atoms with Gasteiger partial charge in [-0.1, -0.05) is 113 Å². The summed E-state index contributed by atoms with van der Waals surface area (Å²) < 4.78 is 28.7. The van der Waals surface area contributed by atoms with Crippen LogP contribution in [0.3, 0.4) is 0 Å². The summed E-state index contributed by atoms with van der Waals surface area (Å²) >= 11 is 0. The zero-order chi connectivity index (χ0) is 43.3. The van der Waals surface area contributed by atoms with Gasteiger partial charge in [-0.2, -0.15) is 0 Å². The molecule has 63 heavy (non-hydrogen) atoms. The van der Waals surface area contributed by atoms with Crippen LogP contribution in [0.15, 0.2) is 12.2 Å². The number of carbonyl (C=O) groups excluding carboxylic acids is 6. The molecule has 0 aromatic carbocycles. The second-order valence-electron chi connectivity index (χ2n) is 10.9. The molecule has 0 amide bonds. The number of allylic oxidation sites excluding steroid dienone is 1. The van der Waals surface area contributed by atoms with Crippen LogP contribution < -0.4 is 0 Å². The smallest absolute Gasteiger partial charge is 0.349 e. The van der Waals surface area contributed by atoms with Crippen molar-refractivity contribution in [2.45, 2.75) is 196 Å². The largest absolute Gasteiger partial charge is 0.479 e. The molecule has 0 heterocycles. The molecular formula is C43H86O20. The Kier molecular flexibility index (Phi) is 66.8. The van der Waals surface area contributed by atoms with Crippen LogP contribution in [0, 0.1) is 0 Å². The molecule has 0 aliphatic carbocycles. The topological polar surface area (TPSA) is 307 Å². The van der Waals surface area contributed by atoms with E-state index >= 15 is 0 Å². The summed E-state index contributed by atoms with van der Waals surface area (Å²) in [5.74, 6) is -10.2. The lowest BCUT2D eigenvalue weighted by Gasteiger charge is -2.21. The van der Waals surface area contributed by atoms with Crippen LogP contribution in [-0.4, -0.2) is 130 Å². The molecule has 0 aromatic heterocycles. The fourth-order valence-corrected chi connectivity index (χ4v) is 3.48. The summed E-state index contributed by atoms with van der Waals surface area (Å²) in [6.07, 6.45) is -4.84. The summed E-state index contributed by atoms with van der Waals surface area (Å²) in [5.41, 5.74) is 0. The maximum atomic E-state index is 11.5. The van der Waals surface area contributed by atoms with Crippen LogP contribution >= 0.6 is 0 Å². The van der Waals surface area contributed by atoms with E-state index in [0.29, 0.717) is 12.8 Å². The van der Waals surface area contributed by atoms with Crippen molar-refractivity contribution in [2.75, 3.05) is 13.2 Å². The molecule has 20 heteroatoms. The lowest BCUT2D eigenvalue weighted by Crippen LogP contribution is -2.45. The normalized spacial score (nSPS) is 11.9. The van der Waals surface area contributed by atoms with E-state index in [1.807, 2.05) is 20.8 Å². The van der Waals surface area contributed by atoms with E-state index < -0.39 is 95.9 Å². The molecule has 0 aliphatic rings. The minimum absolute atomic E-state index is 0. The van der Waals surface area contributed by atoms with E-state index in [-0.39, 0.29) is 98.3 Å². The number of ketones is 2. The lowest BCUT2D eigenvalue weighted by molar-refractivity contribution is -0.181. The average Bonchev–Trinajstić information content (AvgIpc) is 3.11. The zero-order valence-electron chi connectivity index (χ0n) is 32.3. The summed E-state index contributed by atoms with van der Waals surface area (Å²) in [5, 5.41) is 35.7. The first-order valence-corrected chi connectivity index (χ1v) is 17.3. The number of carbonyl (C=O) groups is 10. The Hall–Kier alpha value is -5.24. The van der Waals surface area contributed by atoms with Gasteiger partial charge < -0.3 is 48.8 Å². The molecule has 6 unspecified atom stereocenters. The number of rotatable bonds is 25. The van der Waals surface area contributed by atoms with E-state index in [4.69, 9.17) is 39.4 Å². The monoisotopic (exact) mass is 923 g/mol. The minimum atomic E-state index is -1.85.